The second-order valence-electron chi connectivity index (χ2n) is 12.6. The van der Waals surface area contributed by atoms with E-state index in [9.17, 15) is 9.59 Å². The van der Waals surface area contributed by atoms with Crippen molar-refractivity contribution in [2.45, 2.75) is 25.7 Å². The lowest BCUT2D eigenvalue weighted by molar-refractivity contribution is -0.116. The summed E-state index contributed by atoms with van der Waals surface area (Å²) in [5.41, 5.74) is 12.5. The molecule has 15 nitrogen and oxygen atoms in total. The number of nitrogens with two attached hydrogens (primary N) is 1. The predicted octanol–water partition coefficient (Wildman–Crippen LogP) is 5.28. The summed E-state index contributed by atoms with van der Waals surface area (Å²) in [7, 11) is 0. The van der Waals surface area contributed by atoms with Crippen molar-refractivity contribution >= 4 is 39.3 Å². The molecule has 0 spiro atoms. The number of tetrazole rings is 1. The van der Waals surface area contributed by atoms with Crippen LogP contribution in [0.25, 0.3) is 55.7 Å². The molecule has 262 valence electrons. The van der Waals surface area contributed by atoms with E-state index >= 15 is 0 Å². The van der Waals surface area contributed by atoms with Gasteiger partial charge < -0.3 is 25.4 Å². The van der Waals surface area contributed by atoms with E-state index < -0.39 is 5.91 Å². The van der Waals surface area contributed by atoms with Crippen LogP contribution in [0.4, 0.5) is 5.69 Å². The normalized spacial score (nSPS) is 13.9. The molecule has 0 radical (unpaired) electrons. The number of H-pyrrole nitrogens is 3. The molecule has 0 atom stereocenters. The Bertz CT molecular complexity index is 2380. The Labute approximate surface area is 296 Å². The highest BCUT2D eigenvalue weighted by molar-refractivity contribution is 6.01. The van der Waals surface area contributed by atoms with E-state index in [2.05, 4.69) is 51.2 Å². The number of hydrogen-bond acceptors (Lipinski definition) is 10. The van der Waals surface area contributed by atoms with Crippen LogP contribution >= 0.6 is 0 Å². The van der Waals surface area contributed by atoms with Crippen molar-refractivity contribution in [2.24, 2.45) is 5.73 Å². The molecule has 0 bridgehead atoms. The molecule has 1 saturated heterocycles. The second kappa shape index (κ2) is 14.3. The number of nitrogens with one attached hydrogen (secondary N) is 4. The number of rotatable bonds is 8. The van der Waals surface area contributed by atoms with Gasteiger partial charge in [-0.3, -0.25) is 19.8 Å². The number of hydrogen-bond donors (Lipinski definition) is 5. The Morgan fingerprint density at radius 3 is 2.27 bits per heavy atom. The van der Waals surface area contributed by atoms with Crippen LogP contribution < -0.4 is 20.5 Å². The van der Waals surface area contributed by atoms with Crippen LogP contribution in [0.15, 0.2) is 78.9 Å². The number of aromatic amines is 3. The van der Waals surface area contributed by atoms with E-state index in [4.69, 9.17) is 15.2 Å². The lowest BCUT2D eigenvalue weighted by Crippen LogP contribution is -2.32. The summed E-state index contributed by atoms with van der Waals surface area (Å²) in [6.45, 7) is 3.22. The third kappa shape index (κ3) is 6.89. The number of carbonyl (C=O) groups excluding carboxylic acids is 2. The van der Waals surface area contributed by atoms with E-state index in [1.807, 2.05) is 60.7 Å². The third-order valence-corrected chi connectivity index (χ3v) is 9.18. The van der Waals surface area contributed by atoms with Gasteiger partial charge in [-0.1, -0.05) is 18.6 Å². The first kappa shape index (κ1) is 32.6. The van der Waals surface area contributed by atoms with Crippen molar-refractivity contribution in [3.8, 4) is 45.4 Å². The molecule has 15 heteroatoms. The Kier molecular flexibility index (Phi) is 8.97. The predicted molar refractivity (Wildman–Crippen MR) is 194 cm³/mol. The van der Waals surface area contributed by atoms with E-state index in [-0.39, 0.29) is 12.7 Å². The van der Waals surface area contributed by atoms with Gasteiger partial charge in [0.15, 0.2) is 11.5 Å². The molecule has 2 amide bonds. The minimum atomic E-state index is -0.478. The van der Waals surface area contributed by atoms with Gasteiger partial charge in [-0.2, -0.15) is 15.4 Å². The minimum absolute atomic E-state index is 0.00984. The van der Waals surface area contributed by atoms with Crippen molar-refractivity contribution in [3.63, 3.8) is 0 Å². The highest BCUT2D eigenvalue weighted by Gasteiger charge is 2.18. The zero-order chi connectivity index (χ0) is 35.4. The van der Waals surface area contributed by atoms with E-state index in [1.54, 1.807) is 18.2 Å². The standard InChI is InChI=1S/C22H25N5O2.C15H10N6O2/c23-22(29)16-7-8-19-18(14-16)21(26-25-19)15-5-4-6-17(13-15)24-20(28)9-12-27-10-2-1-3-11-27;1-3-11-10(5-9(1)15-18-20-21-19-15)14(17-16-11)8-2-4-12-13(6-8)23-7-22-12/h4-8,13-14H,1-3,9-12H2,(H2,23,29)(H,24,28)(H,25,26);1-6H,7H2,(H,16,17)(H,18,19,20,21). The third-order valence-electron chi connectivity index (χ3n) is 9.18. The van der Waals surface area contributed by atoms with Gasteiger partial charge in [0, 0.05) is 51.7 Å². The average molecular weight is 698 g/mol. The van der Waals surface area contributed by atoms with Crippen molar-refractivity contribution in [1.82, 2.24) is 45.9 Å². The smallest absolute Gasteiger partial charge is 0.248 e. The number of fused-ring (bicyclic) bond motifs is 3. The maximum absolute atomic E-state index is 12.4. The number of carbonyl (C=O) groups is 2. The summed E-state index contributed by atoms with van der Waals surface area (Å²) in [6, 6.07) is 24.4. The first-order chi connectivity index (χ1) is 25.5. The fourth-order valence-corrected chi connectivity index (χ4v) is 6.50. The van der Waals surface area contributed by atoms with Crippen LogP contribution in [0.5, 0.6) is 11.5 Å². The molecule has 0 aliphatic carbocycles. The number of ether oxygens (including phenoxy) is 2. The summed E-state index contributed by atoms with van der Waals surface area (Å²) in [4.78, 5) is 26.2. The summed E-state index contributed by atoms with van der Waals surface area (Å²) in [5, 5.41) is 33.7. The van der Waals surface area contributed by atoms with Crippen molar-refractivity contribution in [2.75, 3.05) is 31.7 Å². The number of primary amides is 1. The Hall–Kier alpha value is -6.61. The van der Waals surface area contributed by atoms with Gasteiger partial charge in [-0.25, -0.2) is 0 Å². The van der Waals surface area contributed by atoms with Gasteiger partial charge in [-0.05, 0) is 97.9 Å². The SMILES string of the molecule is NC(=O)c1ccc2[nH]nc(-c3cccc(NC(=O)CCN4CCCCC4)c3)c2c1.c1cc2[nH]nc(-c3ccc4c(c3)OCO4)c2cc1-c1nn[nH]n1. The molecular formula is C37H35N11O4. The summed E-state index contributed by atoms with van der Waals surface area (Å²) < 4.78 is 10.8. The largest absolute Gasteiger partial charge is 0.454 e. The Morgan fingerprint density at radius 2 is 1.50 bits per heavy atom. The van der Waals surface area contributed by atoms with Gasteiger partial charge in [-0.15, -0.1) is 10.2 Å². The number of anilines is 1. The van der Waals surface area contributed by atoms with E-state index in [1.165, 1.54) is 19.3 Å². The second-order valence-corrected chi connectivity index (χ2v) is 12.6. The minimum Gasteiger partial charge on any atom is -0.454 e. The molecule has 1 fully saturated rings. The molecule has 4 aromatic carbocycles. The zero-order valence-electron chi connectivity index (χ0n) is 28.1. The van der Waals surface area contributed by atoms with Crippen LogP contribution in [-0.2, 0) is 4.79 Å². The molecule has 2 aliphatic rings. The summed E-state index contributed by atoms with van der Waals surface area (Å²) >= 11 is 0. The Balaban J connectivity index is 0.000000152. The van der Waals surface area contributed by atoms with Crippen LogP contribution in [-0.4, -0.2) is 84.2 Å². The first-order valence-electron chi connectivity index (χ1n) is 17.0. The number of nitrogens with zero attached hydrogens (tertiary/aromatic N) is 6. The van der Waals surface area contributed by atoms with E-state index in [0.29, 0.717) is 23.5 Å². The van der Waals surface area contributed by atoms with Gasteiger partial charge in [0.1, 0.15) is 5.69 Å². The van der Waals surface area contributed by atoms with Crippen molar-refractivity contribution in [3.05, 3.63) is 84.4 Å². The average Bonchev–Trinajstić information content (AvgIpc) is 4.01. The molecule has 0 saturated carbocycles. The maximum Gasteiger partial charge on any atom is 0.248 e. The summed E-state index contributed by atoms with van der Waals surface area (Å²) in [5.74, 6) is 1.56. The van der Waals surface area contributed by atoms with Crippen LogP contribution in [0.1, 0.15) is 36.0 Å². The van der Waals surface area contributed by atoms with E-state index in [0.717, 1.165) is 81.0 Å². The van der Waals surface area contributed by atoms with Crippen LogP contribution in [0.2, 0.25) is 0 Å². The lowest BCUT2D eigenvalue weighted by atomic mass is 10.0. The van der Waals surface area contributed by atoms with Crippen LogP contribution in [0, 0.1) is 0 Å². The first-order valence-corrected chi connectivity index (χ1v) is 17.0. The molecule has 0 unspecified atom stereocenters. The maximum atomic E-state index is 12.4. The van der Waals surface area contributed by atoms with Gasteiger partial charge in [0.25, 0.3) is 0 Å². The fraction of sp³-hybridized carbons (Fsp3) is 0.216. The fourth-order valence-electron chi connectivity index (χ4n) is 6.50. The number of benzene rings is 4. The van der Waals surface area contributed by atoms with Crippen LogP contribution in [0.3, 0.4) is 0 Å². The highest BCUT2D eigenvalue weighted by atomic mass is 16.7. The number of likely N-dealkylation sites (tertiary alicyclic amines) is 1. The van der Waals surface area contributed by atoms with Crippen molar-refractivity contribution < 1.29 is 19.1 Å². The topological polar surface area (TPSA) is 206 Å². The number of aromatic nitrogens is 8. The molecule has 7 aromatic rings. The van der Waals surface area contributed by atoms with Crippen molar-refractivity contribution in [1.29, 1.82) is 0 Å². The molecule has 2 aliphatic heterocycles. The number of amides is 2. The molecular weight excluding hydrogens is 662 g/mol. The monoisotopic (exact) mass is 697 g/mol. The highest BCUT2D eigenvalue weighted by Crippen LogP contribution is 2.38. The van der Waals surface area contributed by atoms with Gasteiger partial charge in [0.2, 0.25) is 24.4 Å². The lowest BCUT2D eigenvalue weighted by Gasteiger charge is -2.25. The molecule has 5 heterocycles. The molecule has 52 heavy (non-hydrogen) atoms. The zero-order valence-corrected chi connectivity index (χ0v) is 28.1. The molecule has 3 aromatic heterocycles. The van der Waals surface area contributed by atoms with Gasteiger partial charge in [0.05, 0.1) is 16.7 Å². The summed E-state index contributed by atoms with van der Waals surface area (Å²) in [6.07, 6.45) is 4.22. The molecule has 9 rings (SSSR count). The molecule has 6 N–H and O–H groups in total. The number of piperidine rings is 1. The van der Waals surface area contributed by atoms with Gasteiger partial charge >= 0.3 is 0 Å². The quantitative estimate of drug-likeness (QED) is 0.139. The Morgan fingerprint density at radius 1 is 0.769 bits per heavy atom.